The molecule has 0 bridgehead atoms. The van der Waals surface area contributed by atoms with Crippen molar-refractivity contribution in [3.63, 3.8) is 0 Å². The van der Waals surface area contributed by atoms with Gasteiger partial charge in [0.05, 0.1) is 6.26 Å². The Bertz CT molecular complexity index is 429. The van der Waals surface area contributed by atoms with Crippen molar-refractivity contribution >= 4 is 17.3 Å². The Balaban J connectivity index is 1.90. The van der Waals surface area contributed by atoms with E-state index in [4.69, 9.17) is 20.9 Å². The van der Waals surface area contributed by atoms with Crippen molar-refractivity contribution in [2.45, 2.75) is 19.1 Å². The second-order valence-corrected chi connectivity index (χ2v) is 3.85. The molecule has 1 aliphatic heterocycles. The normalized spacial score (nSPS) is 17.8. The maximum absolute atomic E-state index is 11.5. The Morgan fingerprint density at radius 3 is 2.65 bits per heavy atom. The van der Waals surface area contributed by atoms with Crippen LogP contribution in [-0.4, -0.2) is 12.1 Å². The molecular formula is C12H14N2O3. The molecule has 1 aliphatic rings. The highest BCUT2D eigenvalue weighted by molar-refractivity contribution is 5.75. The SMILES string of the molecule is Nc1cc(N)cc(COC(=O)C2CC=CO2)c1. The zero-order valence-corrected chi connectivity index (χ0v) is 9.26. The fraction of sp³-hybridized carbons (Fsp3) is 0.250. The number of rotatable bonds is 3. The van der Waals surface area contributed by atoms with Gasteiger partial charge in [0, 0.05) is 17.8 Å². The van der Waals surface area contributed by atoms with Crippen LogP contribution < -0.4 is 11.5 Å². The highest BCUT2D eigenvalue weighted by Crippen LogP contribution is 2.16. The monoisotopic (exact) mass is 234 g/mol. The smallest absolute Gasteiger partial charge is 0.347 e. The molecule has 5 heteroatoms. The molecule has 1 aromatic carbocycles. The van der Waals surface area contributed by atoms with Crippen molar-refractivity contribution in [3.8, 4) is 0 Å². The number of carbonyl (C=O) groups is 1. The van der Waals surface area contributed by atoms with Crippen LogP contribution in [0.5, 0.6) is 0 Å². The standard InChI is InChI=1S/C12H14N2O3/c13-9-4-8(5-10(14)6-9)7-17-12(15)11-2-1-3-16-11/h1,3-6,11H,2,7,13-14H2. The number of anilines is 2. The quantitative estimate of drug-likeness (QED) is 0.606. The number of esters is 1. The van der Waals surface area contributed by atoms with E-state index in [0.717, 1.165) is 5.56 Å². The van der Waals surface area contributed by atoms with Crippen molar-refractivity contribution in [1.29, 1.82) is 0 Å². The van der Waals surface area contributed by atoms with Gasteiger partial charge >= 0.3 is 5.97 Å². The van der Waals surface area contributed by atoms with E-state index in [0.29, 0.717) is 17.8 Å². The summed E-state index contributed by atoms with van der Waals surface area (Å²) in [5, 5.41) is 0. The van der Waals surface area contributed by atoms with Crippen LogP contribution in [-0.2, 0) is 20.9 Å². The van der Waals surface area contributed by atoms with Crippen molar-refractivity contribution < 1.29 is 14.3 Å². The minimum absolute atomic E-state index is 0.147. The Hall–Kier alpha value is -2.17. The van der Waals surface area contributed by atoms with Gasteiger partial charge in [-0.15, -0.1) is 0 Å². The third kappa shape index (κ3) is 2.90. The molecular weight excluding hydrogens is 220 g/mol. The topological polar surface area (TPSA) is 87.6 Å². The summed E-state index contributed by atoms with van der Waals surface area (Å²) in [6, 6.07) is 5.09. The van der Waals surface area contributed by atoms with Gasteiger partial charge in [-0.25, -0.2) is 4.79 Å². The Morgan fingerprint density at radius 2 is 2.06 bits per heavy atom. The van der Waals surface area contributed by atoms with Crippen LogP contribution in [0.2, 0.25) is 0 Å². The van der Waals surface area contributed by atoms with Crippen LogP contribution in [0.15, 0.2) is 30.5 Å². The molecule has 0 amide bonds. The third-order valence-corrected chi connectivity index (χ3v) is 2.37. The highest BCUT2D eigenvalue weighted by Gasteiger charge is 2.22. The molecule has 1 atom stereocenters. The second kappa shape index (κ2) is 4.78. The van der Waals surface area contributed by atoms with Crippen LogP contribution in [0.4, 0.5) is 11.4 Å². The first-order valence-electron chi connectivity index (χ1n) is 5.27. The molecule has 0 spiro atoms. The average molecular weight is 234 g/mol. The maximum Gasteiger partial charge on any atom is 0.347 e. The lowest BCUT2D eigenvalue weighted by Crippen LogP contribution is -2.21. The van der Waals surface area contributed by atoms with Gasteiger partial charge in [0.15, 0.2) is 6.10 Å². The molecule has 17 heavy (non-hydrogen) atoms. The van der Waals surface area contributed by atoms with Crippen LogP contribution in [0, 0.1) is 0 Å². The molecule has 0 aliphatic carbocycles. The van der Waals surface area contributed by atoms with E-state index in [1.54, 1.807) is 24.3 Å². The predicted octanol–water partition coefficient (Wildman–Crippen LogP) is 1.20. The third-order valence-electron chi connectivity index (χ3n) is 2.37. The summed E-state index contributed by atoms with van der Waals surface area (Å²) in [7, 11) is 0. The first kappa shape index (κ1) is 11.3. The Labute approximate surface area is 99.0 Å². The van der Waals surface area contributed by atoms with Crippen molar-refractivity contribution in [2.24, 2.45) is 0 Å². The number of hydrogen-bond acceptors (Lipinski definition) is 5. The maximum atomic E-state index is 11.5. The van der Waals surface area contributed by atoms with Crippen molar-refractivity contribution in [2.75, 3.05) is 11.5 Å². The van der Waals surface area contributed by atoms with Crippen LogP contribution in [0.1, 0.15) is 12.0 Å². The molecule has 0 saturated heterocycles. The molecule has 5 nitrogen and oxygen atoms in total. The molecule has 90 valence electrons. The van der Waals surface area contributed by atoms with Crippen LogP contribution in [0.3, 0.4) is 0 Å². The zero-order chi connectivity index (χ0) is 12.3. The number of hydrogen-bond donors (Lipinski definition) is 2. The summed E-state index contributed by atoms with van der Waals surface area (Å²) in [4.78, 5) is 11.5. The van der Waals surface area contributed by atoms with E-state index in [2.05, 4.69) is 0 Å². The summed E-state index contributed by atoms with van der Waals surface area (Å²) < 4.78 is 10.2. The fourth-order valence-electron chi connectivity index (χ4n) is 1.61. The largest absolute Gasteiger partial charge is 0.486 e. The van der Waals surface area contributed by atoms with Gasteiger partial charge < -0.3 is 20.9 Å². The fourth-order valence-corrected chi connectivity index (χ4v) is 1.61. The number of nitrogen functional groups attached to an aromatic ring is 2. The molecule has 0 radical (unpaired) electrons. The van der Waals surface area contributed by atoms with Gasteiger partial charge in [-0.2, -0.15) is 0 Å². The molecule has 0 fully saturated rings. The van der Waals surface area contributed by atoms with E-state index < -0.39 is 6.10 Å². The lowest BCUT2D eigenvalue weighted by Gasteiger charge is -2.10. The summed E-state index contributed by atoms with van der Waals surface area (Å²) in [6.07, 6.45) is 3.32. The van der Waals surface area contributed by atoms with E-state index in [1.165, 1.54) is 6.26 Å². The highest BCUT2D eigenvalue weighted by atomic mass is 16.6. The first-order valence-corrected chi connectivity index (χ1v) is 5.27. The van der Waals surface area contributed by atoms with E-state index in [-0.39, 0.29) is 12.6 Å². The summed E-state index contributed by atoms with van der Waals surface area (Å²) in [5.74, 6) is -0.379. The molecule has 0 aromatic heterocycles. The van der Waals surface area contributed by atoms with Gasteiger partial charge in [-0.1, -0.05) is 0 Å². The molecule has 1 heterocycles. The van der Waals surface area contributed by atoms with Gasteiger partial charge in [-0.3, -0.25) is 0 Å². The van der Waals surface area contributed by atoms with E-state index in [9.17, 15) is 4.79 Å². The van der Waals surface area contributed by atoms with Crippen LogP contribution >= 0.6 is 0 Å². The Kier molecular flexibility index (Phi) is 3.18. The van der Waals surface area contributed by atoms with Crippen LogP contribution in [0.25, 0.3) is 0 Å². The molecule has 1 aromatic rings. The molecule has 0 saturated carbocycles. The van der Waals surface area contributed by atoms with Crippen molar-refractivity contribution in [1.82, 2.24) is 0 Å². The van der Waals surface area contributed by atoms with Gasteiger partial charge in [0.1, 0.15) is 6.61 Å². The summed E-state index contributed by atoms with van der Waals surface area (Å²) in [5.41, 5.74) is 13.1. The number of ether oxygens (including phenoxy) is 2. The van der Waals surface area contributed by atoms with E-state index in [1.807, 2.05) is 0 Å². The lowest BCUT2D eigenvalue weighted by atomic mass is 10.2. The summed E-state index contributed by atoms with van der Waals surface area (Å²) in [6.45, 7) is 0.147. The van der Waals surface area contributed by atoms with Crippen molar-refractivity contribution in [3.05, 3.63) is 36.1 Å². The molecule has 1 unspecified atom stereocenters. The van der Waals surface area contributed by atoms with Gasteiger partial charge in [-0.05, 0) is 29.8 Å². The molecule has 4 N–H and O–H groups in total. The minimum atomic E-state index is -0.520. The number of benzene rings is 1. The molecule has 2 rings (SSSR count). The number of carbonyl (C=O) groups excluding carboxylic acids is 1. The van der Waals surface area contributed by atoms with Gasteiger partial charge in [0.2, 0.25) is 0 Å². The van der Waals surface area contributed by atoms with E-state index >= 15 is 0 Å². The summed E-state index contributed by atoms with van der Waals surface area (Å²) >= 11 is 0. The number of nitrogens with two attached hydrogens (primary N) is 2. The second-order valence-electron chi connectivity index (χ2n) is 3.85. The van der Waals surface area contributed by atoms with Gasteiger partial charge in [0.25, 0.3) is 0 Å². The first-order chi connectivity index (χ1) is 8.15. The predicted molar refractivity (Wildman–Crippen MR) is 63.7 cm³/mol. The zero-order valence-electron chi connectivity index (χ0n) is 9.26. The lowest BCUT2D eigenvalue weighted by molar-refractivity contribution is -0.154. The minimum Gasteiger partial charge on any atom is -0.486 e. The average Bonchev–Trinajstić information content (AvgIpc) is 2.78. The Morgan fingerprint density at radius 1 is 1.35 bits per heavy atom.